The van der Waals surface area contributed by atoms with E-state index in [-0.39, 0.29) is 0 Å². The fourth-order valence-corrected chi connectivity index (χ4v) is 2.48. The standard InChI is InChI=1S/C15H25N3O/c1-18(2)8-5-9-19-15-13(11-16)10-12-6-3-4-7-14(12)17-15/h10H,3-9,11,16H2,1-2H3. The van der Waals surface area contributed by atoms with E-state index in [4.69, 9.17) is 10.5 Å². The monoisotopic (exact) mass is 263 g/mol. The van der Waals surface area contributed by atoms with Gasteiger partial charge in [-0.2, -0.15) is 0 Å². The van der Waals surface area contributed by atoms with Crippen molar-refractivity contribution in [3.63, 3.8) is 0 Å². The highest BCUT2D eigenvalue weighted by Gasteiger charge is 2.15. The van der Waals surface area contributed by atoms with Crippen LogP contribution < -0.4 is 10.5 Å². The predicted octanol–water partition coefficient (Wildman–Crippen LogP) is 1.75. The van der Waals surface area contributed by atoms with Crippen molar-refractivity contribution in [2.75, 3.05) is 27.2 Å². The summed E-state index contributed by atoms with van der Waals surface area (Å²) in [5.74, 6) is 0.752. The molecule has 19 heavy (non-hydrogen) atoms. The number of nitrogens with zero attached hydrogens (tertiary/aromatic N) is 2. The summed E-state index contributed by atoms with van der Waals surface area (Å²) in [5.41, 5.74) is 9.44. The average molecular weight is 263 g/mol. The van der Waals surface area contributed by atoms with Gasteiger partial charge in [0.25, 0.3) is 0 Å². The van der Waals surface area contributed by atoms with Gasteiger partial charge in [-0.15, -0.1) is 0 Å². The summed E-state index contributed by atoms with van der Waals surface area (Å²) in [6.07, 6.45) is 5.73. The van der Waals surface area contributed by atoms with Crippen LogP contribution in [0.1, 0.15) is 36.1 Å². The van der Waals surface area contributed by atoms with E-state index in [9.17, 15) is 0 Å². The van der Waals surface area contributed by atoms with E-state index in [1.165, 1.54) is 24.1 Å². The molecule has 2 rings (SSSR count). The van der Waals surface area contributed by atoms with Gasteiger partial charge in [0.05, 0.1) is 6.61 Å². The summed E-state index contributed by atoms with van der Waals surface area (Å²) < 4.78 is 5.83. The van der Waals surface area contributed by atoms with Crippen LogP contribution in [0.2, 0.25) is 0 Å². The Morgan fingerprint density at radius 3 is 2.84 bits per heavy atom. The third-order valence-electron chi connectivity index (χ3n) is 3.55. The van der Waals surface area contributed by atoms with Crippen LogP contribution in [0.3, 0.4) is 0 Å². The Balaban J connectivity index is 2.02. The van der Waals surface area contributed by atoms with Crippen molar-refractivity contribution in [3.8, 4) is 5.88 Å². The van der Waals surface area contributed by atoms with Crippen LogP contribution in [0.25, 0.3) is 0 Å². The average Bonchev–Trinajstić information content (AvgIpc) is 2.42. The number of rotatable bonds is 6. The van der Waals surface area contributed by atoms with Crippen LogP contribution >= 0.6 is 0 Å². The Morgan fingerprint density at radius 2 is 2.11 bits per heavy atom. The van der Waals surface area contributed by atoms with Gasteiger partial charge in [-0.1, -0.05) is 0 Å². The smallest absolute Gasteiger partial charge is 0.218 e. The molecular formula is C15H25N3O. The number of fused-ring (bicyclic) bond motifs is 1. The molecule has 0 saturated carbocycles. The van der Waals surface area contributed by atoms with Crippen molar-refractivity contribution in [3.05, 3.63) is 22.9 Å². The van der Waals surface area contributed by atoms with E-state index >= 15 is 0 Å². The summed E-state index contributed by atoms with van der Waals surface area (Å²) in [5, 5.41) is 0. The molecule has 0 spiro atoms. The van der Waals surface area contributed by atoms with Crippen molar-refractivity contribution < 1.29 is 4.74 Å². The Kier molecular flexibility index (Phi) is 5.16. The topological polar surface area (TPSA) is 51.4 Å². The molecule has 2 N–H and O–H groups in total. The van der Waals surface area contributed by atoms with Crippen molar-refractivity contribution in [1.82, 2.24) is 9.88 Å². The molecular weight excluding hydrogens is 238 g/mol. The van der Waals surface area contributed by atoms with Crippen molar-refractivity contribution in [2.24, 2.45) is 5.73 Å². The van der Waals surface area contributed by atoms with Gasteiger partial charge in [-0.3, -0.25) is 0 Å². The van der Waals surface area contributed by atoms with Gasteiger partial charge in [0.1, 0.15) is 0 Å². The summed E-state index contributed by atoms with van der Waals surface area (Å²) in [6.45, 7) is 2.24. The maximum atomic E-state index is 5.83. The lowest BCUT2D eigenvalue weighted by Gasteiger charge is -2.18. The van der Waals surface area contributed by atoms with Crippen LogP contribution in [0.15, 0.2) is 6.07 Å². The molecule has 0 unspecified atom stereocenters. The second-order valence-corrected chi connectivity index (χ2v) is 5.47. The molecule has 0 fully saturated rings. The second kappa shape index (κ2) is 6.87. The van der Waals surface area contributed by atoms with E-state index in [1.807, 2.05) is 0 Å². The van der Waals surface area contributed by atoms with Crippen molar-refractivity contribution in [2.45, 2.75) is 38.6 Å². The lowest BCUT2D eigenvalue weighted by atomic mass is 9.95. The summed E-state index contributed by atoms with van der Waals surface area (Å²) >= 11 is 0. The van der Waals surface area contributed by atoms with E-state index in [0.29, 0.717) is 13.2 Å². The molecule has 4 nitrogen and oxygen atoms in total. The lowest BCUT2D eigenvalue weighted by molar-refractivity contribution is 0.270. The first kappa shape index (κ1) is 14.3. The molecule has 1 aromatic heterocycles. The SMILES string of the molecule is CN(C)CCCOc1nc2c(cc1CN)CCCC2. The molecule has 1 aliphatic carbocycles. The lowest BCUT2D eigenvalue weighted by Crippen LogP contribution is -2.17. The number of nitrogens with two attached hydrogens (primary N) is 1. The molecule has 0 saturated heterocycles. The highest BCUT2D eigenvalue weighted by atomic mass is 16.5. The first-order chi connectivity index (χ1) is 9.20. The summed E-state index contributed by atoms with van der Waals surface area (Å²) in [4.78, 5) is 6.85. The Morgan fingerprint density at radius 1 is 1.32 bits per heavy atom. The largest absolute Gasteiger partial charge is 0.477 e. The predicted molar refractivity (Wildman–Crippen MR) is 77.4 cm³/mol. The number of pyridine rings is 1. The van der Waals surface area contributed by atoms with Crippen molar-refractivity contribution >= 4 is 0 Å². The highest BCUT2D eigenvalue weighted by Crippen LogP contribution is 2.25. The van der Waals surface area contributed by atoms with Crippen LogP contribution in [-0.2, 0) is 19.4 Å². The molecule has 1 aromatic rings. The van der Waals surface area contributed by atoms with Gasteiger partial charge in [-0.05, 0) is 57.8 Å². The van der Waals surface area contributed by atoms with Gasteiger partial charge in [0.15, 0.2) is 0 Å². The number of aryl methyl sites for hydroxylation is 2. The minimum Gasteiger partial charge on any atom is -0.477 e. The van der Waals surface area contributed by atoms with Gasteiger partial charge >= 0.3 is 0 Å². The van der Waals surface area contributed by atoms with E-state index in [0.717, 1.165) is 37.3 Å². The highest BCUT2D eigenvalue weighted by molar-refractivity contribution is 5.35. The van der Waals surface area contributed by atoms with E-state index < -0.39 is 0 Å². The molecule has 4 heteroatoms. The first-order valence-electron chi connectivity index (χ1n) is 7.20. The van der Waals surface area contributed by atoms with Gasteiger partial charge < -0.3 is 15.4 Å². The third-order valence-corrected chi connectivity index (χ3v) is 3.55. The zero-order valence-corrected chi connectivity index (χ0v) is 12.1. The summed E-state index contributed by atoms with van der Waals surface area (Å²) in [6, 6.07) is 2.20. The Hall–Kier alpha value is -1.13. The van der Waals surface area contributed by atoms with Gasteiger partial charge in [0, 0.05) is 24.3 Å². The third kappa shape index (κ3) is 3.91. The molecule has 0 radical (unpaired) electrons. The normalized spacial score (nSPS) is 14.5. The quantitative estimate of drug-likeness (QED) is 0.794. The van der Waals surface area contributed by atoms with Gasteiger partial charge in [0.2, 0.25) is 5.88 Å². The zero-order valence-electron chi connectivity index (χ0n) is 12.1. The first-order valence-corrected chi connectivity index (χ1v) is 7.20. The molecule has 0 bridgehead atoms. The van der Waals surface area contributed by atoms with Crippen LogP contribution in [0.5, 0.6) is 5.88 Å². The Labute approximate surface area is 116 Å². The number of aromatic nitrogens is 1. The van der Waals surface area contributed by atoms with Crippen LogP contribution in [0.4, 0.5) is 0 Å². The maximum absolute atomic E-state index is 5.83. The van der Waals surface area contributed by atoms with Gasteiger partial charge in [-0.25, -0.2) is 4.98 Å². The molecule has 0 aliphatic heterocycles. The van der Waals surface area contributed by atoms with E-state index in [2.05, 4.69) is 30.0 Å². The number of hydrogen-bond donors (Lipinski definition) is 1. The minimum absolute atomic E-state index is 0.503. The molecule has 0 amide bonds. The zero-order chi connectivity index (χ0) is 13.7. The maximum Gasteiger partial charge on any atom is 0.218 e. The van der Waals surface area contributed by atoms with Crippen LogP contribution in [0, 0.1) is 0 Å². The minimum atomic E-state index is 0.503. The fraction of sp³-hybridized carbons (Fsp3) is 0.667. The second-order valence-electron chi connectivity index (χ2n) is 5.47. The molecule has 0 atom stereocenters. The molecule has 0 aromatic carbocycles. The van der Waals surface area contributed by atoms with Crippen molar-refractivity contribution in [1.29, 1.82) is 0 Å². The van der Waals surface area contributed by atoms with E-state index in [1.54, 1.807) is 0 Å². The Bertz CT molecular complexity index is 418. The molecule has 1 aliphatic rings. The molecule has 1 heterocycles. The van der Waals surface area contributed by atoms with Crippen LogP contribution in [-0.4, -0.2) is 37.1 Å². The number of hydrogen-bond acceptors (Lipinski definition) is 4. The molecule has 106 valence electrons. The number of ether oxygens (including phenoxy) is 1. The summed E-state index contributed by atoms with van der Waals surface area (Å²) in [7, 11) is 4.14. The fourth-order valence-electron chi connectivity index (χ4n) is 2.48.